The average molecular weight is 447 g/mol. The van der Waals surface area contributed by atoms with E-state index in [1.54, 1.807) is 6.21 Å². The van der Waals surface area contributed by atoms with Gasteiger partial charge in [0.1, 0.15) is 5.82 Å². The van der Waals surface area contributed by atoms with Gasteiger partial charge in [0.15, 0.2) is 0 Å². The molecular weight excluding hydrogens is 412 g/mol. The summed E-state index contributed by atoms with van der Waals surface area (Å²) in [4.78, 5) is 4.56. The summed E-state index contributed by atoms with van der Waals surface area (Å²) in [7, 11) is -3.13. The van der Waals surface area contributed by atoms with Crippen molar-refractivity contribution in [1.82, 2.24) is 20.3 Å². The highest BCUT2D eigenvalue weighted by atomic mass is 32.2. The van der Waals surface area contributed by atoms with Crippen LogP contribution in [0.5, 0.6) is 0 Å². The number of nitrogens with two attached hydrogens (primary N) is 1. The van der Waals surface area contributed by atoms with E-state index in [4.69, 9.17) is 5.73 Å². The van der Waals surface area contributed by atoms with E-state index in [0.717, 1.165) is 37.2 Å². The van der Waals surface area contributed by atoms with Crippen LogP contribution in [-0.2, 0) is 22.2 Å². The van der Waals surface area contributed by atoms with Gasteiger partial charge in [0.25, 0.3) is 0 Å². The Bertz CT molecular complexity index is 982. The topological polar surface area (TPSA) is 112 Å². The summed E-state index contributed by atoms with van der Waals surface area (Å²) in [5.41, 5.74) is 10.3. The maximum absolute atomic E-state index is 11.7. The van der Waals surface area contributed by atoms with Gasteiger partial charge < -0.3 is 16.0 Å². The van der Waals surface area contributed by atoms with Crippen molar-refractivity contribution in [3.05, 3.63) is 46.8 Å². The fraction of sp³-hybridized carbons (Fsp3) is 0.591. The maximum atomic E-state index is 11.7. The number of aliphatic imine (C=N–C) groups is 1. The Kier molecular flexibility index (Phi) is 6.13. The highest BCUT2D eigenvalue weighted by Gasteiger charge is 2.32. The predicted octanol–water partition coefficient (Wildman–Crippen LogP) is 1.13. The smallest absolute Gasteiger partial charge is 0.211 e. The molecule has 1 aromatic rings. The van der Waals surface area contributed by atoms with Crippen LogP contribution in [0.2, 0.25) is 0 Å². The van der Waals surface area contributed by atoms with Gasteiger partial charge in [0.05, 0.1) is 6.26 Å². The fourth-order valence-corrected chi connectivity index (χ4v) is 5.58. The molecule has 0 aliphatic carbocycles. The second-order valence-corrected chi connectivity index (χ2v) is 11.2. The van der Waals surface area contributed by atoms with Crippen LogP contribution in [0, 0.1) is 5.92 Å². The second kappa shape index (κ2) is 8.54. The van der Waals surface area contributed by atoms with E-state index in [2.05, 4.69) is 53.0 Å². The van der Waals surface area contributed by atoms with Gasteiger partial charge >= 0.3 is 0 Å². The van der Waals surface area contributed by atoms with Gasteiger partial charge in [-0.1, -0.05) is 26.0 Å². The van der Waals surface area contributed by atoms with Crippen molar-refractivity contribution in [2.75, 3.05) is 25.9 Å². The molecule has 1 aromatic carbocycles. The Hall–Kier alpha value is -1.94. The van der Waals surface area contributed by atoms with Crippen LogP contribution in [-0.4, -0.2) is 50.9 Å². The Morgan fingerprint density at radius 3 is 2.71 bits per heavy atom. The standard InChI is InChI=1S/C22H34N6O2S/c1-15(2)21-19-14-17(5-4-16(19)6-10-24-21)22(23)25-11-7-20(27-22)26-18-8-12-28(13-9-18)31(3,29)30/h4-5,7,11,14-15,18,21,24,26-27H,6,8-10,12-13,23H2,1-3H3. The van der Waals surface area contributed by atoms with Crippen LogP contribution < -0.4 is 21.7 Å². The van der Waals surface area contributed by atoms with Crippen LogP contribution in [0.25, 0.3) is 0 Å². The van der Waals surface area contributed by atoms with Crippen LogP contribution in [0.1, 0.15) is 49.4 Å². The minimum Gasteiger partial charge on any atom is -0.369 e. The monoisotopic (exact) mass is 446 g/mol. The van der Waals surface area contributed by atoms with Crippen molar-refractivity contribution in [2.24, 2.45) is 16.6 Å². The lowest BCUT2D eigenvalue weighted by molar-refractivity contribution is 0.288. The van der Waals surface area contributed by atoms with Gasteiger partial charge in [-0.25, -0.2) is 17.7 Å². The van der Waals surface area contributed by atoms with E-state index in [1.165, 1.54) is 21.7 Å². The predicted molar refractivity (Wildman–Crippen MR) is 124 cm³/mol. The Morgan fingerprint density at radius 1 is 1.29 bits per heavy atom. The molecule has 0 amide bonds. The molecular formula is C22H34N6O2S. The van der Waals surface area contributed by atoms with E-state index in [1.807, 2.05) is 6.08 Å². The van der Waals surface area contributed by atoms with Gasteiger partial charge in [-0.05, 0) is 55.0 Å². The molecule has 3 aliphatic rings. The van der Waals surface area contributed by atoms with Gasteiger partial charge in [-0.3, -0.25) is 5.73 Å². The molecule has 5 N–H and O–H groups in total. The van der Waals surface area contributed by atoms with Crippen molar-refractivity contribution in [1.29, 1.82) is 0 Å². The first kappa shape index (κ1) is 22.3. The molecule has 9 heteroatoms. The maximum Gasteiger partial charge on any atom is 0.211 e. The first-order valence-electron chi connectivity index (χ1n) is 11.1. The van der Waals surface area contributed by atoms with Gasteiger partial charge in [-0.15, -0.1) is 0 Å². The fourth-order valence-electron chi connectivity index (χ4n) is 4.71. The average Bonchev–Trinajstić information content (AvgIpc) is 2.72. The van der Waals surface area contributed by atoms with E-state index in [-0.39, 0.29) is 6.04 Å². The minimum atomic E-state index is -3.13. The molecule has 8 nitrogen and oxygen atoms in total. The van der Waals surface area contributed by atoms with Crippen molar-refractivity contribution in [2.45, 2.75) is 51.0 Å². The first-order chi connectivity index (χ1) is 14.7. The molecule has 0 spiro atoms. The van der Waals surface area contributed by atoms with Crippen molar-refractivity contribution in [3.8, 4) is 0 Å². The quantitative estimate of drug-likeness (QED) is 0.539. The summed E-state index contributed by atoms with van der Waals surface area (Å²) in [5.74, 6) is 0.255. The third-order valence-electron chi connectivity index (χ3n) is 6.47. The summed E-state index contributed by atoms with van der Waals surface area (Å²) in [6.45, 7) is 6.51. The SMILES string of the molecule is CC(C)C1NCCc2ccc(C3(N)N=CC=C(NC4CCN(S(C)(=O)=O)CC4)N3)cc21. The summed E-state index contributed by atoms with van der Waals surface area (Å²) in [6.07, 6.45) is 7.41. The van der Waals surface area contributed by atoms with Crippen molar-refractivity contribution in [3.63, 3.8) is 0 Å². The third-order valence-corrected chi connectivity index (χ3v) is 7.78. The highest BCUT2D eigenvalue weighted by Crippen LogP contribution is 2.32. The molecule has 0 aromatic heterocycles. The molecule has 170 valence electrons. The third kappa shape index (κ3) is 4.79. The molecule has 31 heavy (non-hydrogen) atoms. The Balaban J connectivity index is 1.46. The highest BCUT2D eigenvalue weighted by molar-refractivity contribution is 7.88. The van der Waals surface area contributed by atoms with Gasteiger partial charge in [-0.2, -0.15) is 0 Å². The van der Waals surface area contributed by atoms with E-state index in [9.17, 15) is 8.42 Å². The van der Waals surface area contributed by atoms with Crippen LogP contribution in [0.3, 0.4) is 0 Å². The van der Waals surface area contributed by atoms with Crippen LogP contribution in [0.4, 0.5) is 0 Å². The number of nitrogens with one attached hydrogen (secondary N) is 3. The van der Waals surface area contributed by atoms with E-state index < -0.39 is 15.8 Å². The number of piperidine rings is 1. The molecule has 4 rings (SSSR count). The number of allylic oxidation sites excluding steroid dienone is 1. The van der Waals surface area contributed by atoms with Crippen molar-refractivity contribution < 1.29 is 8.42 Å². The Labute approximate surface area is 185 Å². The molecule has 0 saturated carbocycles. The summed E-state index contributed by atoms with van der Waals surface area (Å²) in [6, 6.07) is 6.93. The molecule has 2 unspecified atom stereocenters. The van der Waals surface area contributed by atoms with Crippen molar-refractivity contribution >= 4 is 16.2 Å². The van der Waals surface area contributed by atoms with E-state index in [0.29, 0.717) is 25.0 Å². The van der Waals surface area contributed by atoms with E-state index >= 15 is 0 Å². The Morgan fingerprint density at radius 2 is 2.03 bits per heavy atom. The number of nitrogens with zero attached hydrogens (tertiary/aromatic N) is 2. The molecule has 1 fully saturated rings. The number of benzene rings is 1. The van der Waals surface area contributed by atoms with Crippen LogP contribution in [0.15, 0.2) is 35.1 Å². The number of hydrogen-bond acceptors (Lipinski definition) is 7. The molecule has 0 radical (unpaired) electrons. The molecule has 3 aliphatic heterocycles. The lowest BCUT2D eigenvalue weighted by atomic mass is 9.86. The summed E-state index contributed by atoms with van der Waals surface area (Å²) >= 11 is 0. The lowest BCUT2D eigenvalue weighted by Gasteiger charge is -2.37. The second-order valence-electron chi connectivity index (χ2n) is 9.17. The lowest BCUT2D eigenvalue weighted by Crippen LogP contribution is -2.54. The molecule has 1 saturated heterocycles. The normalized spacial score (nSPS) is 27.5. The molecule has 2 atom stereocenters. The summed E-state index contributed by atoms with van der Waals surface area (Å²) < 4.78 is 25.0. The zero-order chi connectivity index (χ0) is 22.2. The summed E-state index contributed by atoms with van der Waals surface area (Å²) in [5, 5.41) is 10.5. The zero-order valence-corrected chi connectivity index (χ0v) is 19.4. The first-order valence-corrected chi connectivity index (χ1v) is 12.9. The van der Waals surface area contributed by atoms with Gasteiger partial charge in [0, 0.05) is 37.0 Å². The van der Waals surface area contributed by atoms with Crippen LogP contribution >= 0.6 is 0 Å². The minimum absolute atomic E-state index is 0.186. The van der Waals surface area contributed by atoms with Gasteiger partial charge in [0.2, 0.25) is 15.8 Å². The number of sulfonamides is 1. The molecule has 3 heterocycles. The number of rotatable bonds is 5. The largest absolute Gasteiger partial charge is 0.369 e. The molecule has 0 bridgehead atoms. The zero-order valence-electron chi connectivity index (χ0n) is 18.6. The number of hydrogen-bond donors (Lipinski definition) is 4. The number of fused-ring (bicyclic) bond motifs is 1.